The number of hydrogen-bond acceptors (Lipinski definition) is 6. The molecule has 1 aliphatic rings. The zero-order valence-corrected chi connectivity index (χ0v) is 13.5. The van der Waals surface area contributed by atoms with E-state index in [4.69, 9.17) is 4.52 Å². The molecule has 0 saturated carbocycles. The summed E-state index contributed by atoms with van der Waals surface area (Å²) in [5.74, 6) is 0.322. The molecule has 7 nitrogen and oxygen atoms in total. The zero-order valence-electron chi connectivity index (χ0n) is 13.5. The first-order valence-electron chi connectivity index (χ1n) is 7.68. The maximum absolute atomic E-state index is 12.9. The summed E-state index contributed by atoms with van der Waals surface area (Å²) >= 11 is 0. The van der Waals surface area contributed by atoms with Crippen LogP contribution in [0.4, 0.5) is 10.2 Å². The van der Waals surface area contributed by atoms with E-state index in [1.807, 2.05) is 4.90 Å². The lowest BCUT2D eigenvalue weighted by Gasteiger charge is -2.24. The van der Waals surface area contributed by atoms with E-state index in [-0.39, 0.29) is 12.5 Å². The van der Waals surface area contributed by atoms with Crippen molar-refractivity contribution in [2.75, 3.05) is 24.5 Å². The molecule has 0 aliphatic carbocycles. The van der Waals surface area contributed by atoms with Crippen LogP contribution >= 0.6 is 0 Å². The molecule has 2 aromatic heterocycles. The van der Waals surface area contributed by atoms with Crippen LogP contribution in [0.1, 0.15) is 28.2 Å². The van der Waals surface area contributed by atoms with Crippen molar-refractivity contribution in [1.29, 1.82) is 0 Å². The third kappa shape index (κ3) is 3.23. The Balaban J connectivity index is 1.61. The fourth-order valence-electron chi connectivity index (χ4n) is 2.89. The lowest BCUT2D eigenvalue weighted by molar-refractivity contribution is 0.0575. The first-order valence-corrected chi connectivity index (χ1v) is 7.68. The Bertz CT molecular complexity index is 727. The molecule has 0 bridgehead atoms. The minimum Gasteiger partial charge on any atom is -0.386 e. The second-order valence-electron chi connectivity index (χ2n) is 6.11. The largest absolute Gasteiger partial charge is 0.386 e. The number of nitrogens with zero attached hydrogens (tertiary/aromatic N) is 3. The highest BCUT2D eigenvalue weighted by atomic mass is 19.1. The van der Waals surface area contributed by atoms with E-state index in [2.05, 4.69) is 15.5 Å². The number of anilines is 1. The minimum absolute atomic E-state index is 0.105. The van der Waals surface area contributed by atoms with Crippen LogP contribution in [-0.4, -0.2) is 46.4 Å². The fourth-order valence-corrected chi connectivity index (χ4v) is 2.89. The molecule has 0 spiro atoms. The molecule has 3 rings (SSSR count). The maximum Gasteiger partial charge on any atom is 0.256 e. The number of carbonyl (C=O) groups excluding carboxylic acids is 1. The third-order valence-corrected chi connectivity index (χ3v) is 4.21. The molecule has 1 aliphatic heterocycles. The van der Waals surface area contributed by atoms with Gasteiger partial charge in [-0.1, -0.05) is 5.16 Å². The van der Waals surface area contributed by atoms with Gasteiger partial charge in [0.15, 0.2) is 0 Å². The number of aliphatic hydroxyl groups is 1. The maximum atomic E-state index is 12.9. The third-order valence-electron chi connectivity index (χ3n) is 4.21. The Morgan fingerprint density at radius 3 is 2.92 bits per heavy atom. The van der Waals surface area contributed by atoms with Crippen molar-refractivity contribution in [1.82, 2.24) is 15.5 Å². The van der Waals surface area contributed by atoms with Gasteiger partial charge in [-0.05, 0) is 32.4 Å². The average Bonchev–Trinajstić information content (AvgIpc) is 3.10. The van der Waals surface area contributed by atoms with Crippen LogP contribution in [0, 0.1) is 19.7 Å². The standard InChI is InChI=1S/C16H19FN4O3/c1-10-14(11(2)24-20-10)15(22)19-8-16(23)5-6-21(9-16)13-4-3-12(17)7-18-13/h3-4,7,23H,5-6,8-9H2,1-2H3,(H,19,22)/t16-/m1/s1. The smallest absolute Gasteiger partial charge is 0.256 e. The highest BCUT2D eigenvalue weighted by molar-refractivity contribution is 5.96. The van der Waals surface area contributed by atoms with Crippen molar-refractivity contribution in [2.24, 2.45) is 0 Å². The highest BCUT2D eigenvalue weighted by Crippen LogP contribution is 2.25. The molecular formula is C16H19FN4O3. The molecule has 1 amide bonds. The van der Waals surface area contributed by atoms with E-state index in [0.29, 0.717) is 42.3 Å². The Hall–Kier alpha value is -2.48. The van der Waals surface area contributed by atoms with Gasteiger partial charge in [-0.2, -0.15) is 0 Å². The van der Waals surface area contributed by atoms with Gasteiger partial charge in [-0.3, -0.25) is 4.79 Å². The second-order valence-corrected chi connectivity index (χ2v) is 6.11. The minimum atomic E-state index is -1.06. The first kappa shape index (κ1) is 16.4. The zero-order chi connectivity index (χ0) is 17.3. The lowest BCUT2D eigenvalue weighted by Crippen LogP contribution is -2.45. The summed E-state index contributed by atoms with van der Waals surface area (Å²) in [6, 6.07) is 2.91. The van der Waals surface area contributed by atoms with Gasteiger partial charge < -0.3 is 19.8 Å². The highest BCUT2D eigenvalue weighted by Gasteiger charge is 2.37. The van der Waals surface area contributed by atoms with Crippen LogP contribution in [0.25, 0.3) is 0 Å². The van der Waals surface area contributed by atoms with Crippen molar-refractivity contribution in [3.63, 3.8) is 0 Å². The molecule has 2 aromatic rings. The number of nitrogens with one attached hydrogen (secondary N) is 1. The van der Waals surface area contributed by atoms with Crippen LogP contribution < -0.4 is 10.2 Å². The van der Waals surface area contributed by atoms with Crippen molar-refractivity contribution in [3.8, 4) is 0 Å². The number of pyridine rings is 1. The molecule has 2 N–H and O–H groups in total. The molecular weight excluding hydrogens is 315 g/mol. The van der Waals surface area contributed by atoms with E-state index in [1.165, 1.54) is 6.07 Å². The molecule has 8 heteroatoms. The summed E-state index contributed by atoms with van der Waals surface area (Å²) in [4.78, 5) is 18.1. The van der Waals surface area contributed by atoms with E-state index in [0.717, 1.165) is 6.20 Å². The van der Waals surface area contributed by atoms with Crippen LogP contribution in [0.5, 0.6) is 0 Å². The van der Waals surface area contributed by atoms with E-state index in [9.17, 15) is 14.3 Å². The van der Waals surface area contributed by atoms with Crippen molar-refractivity contribution in [3.05, 3.63) is 41.2 Å². The molecule has 1 atom stereocenters. The molecule has 0 aromatic carbocycles. The van der Waals surface area contributed by atoms with Crippen molar-refractivity contribution < 1.29 is 18.8 Å². The van der Waals surface area contributed by atoms with Gasteiger partial charge in [-0.15, -0.1) is 0 Å². The first-order chi connectivity index (χ1) is 11.4. The number of hydrogen-bond donors (Lipinski definition) is 2. The molecule has 0 radical (unpaired) electrons. The number of rotatable bonds is 4. The van der Waals surface area contributed by atoms with Crippen LogP contribution in [-0.2, 0) is 0 Å². The number of halogens is 1. The Morgan fingerprint density at radius 1 is 1.50 bits per heavy atom. The number of amides is 1. The molecule has 1 saturated heterocycles. The Labute approximate surface area is 138 Å². The summed E-state index contributed by atoms with van der Waals surface area (Å²) in [5, 5.41) is 17.1. The van der Waals surface area contributed by atoms with Gasteiger partial charge in [0.2, 0.25) is 0 Å². The molecule has 128 valence electrons. The normalized spacial score (nSPS) is 20.4. The molecule has 1 fully saturated rings. The van der Waals surface area contributed by atoms with Crippen molar-refractivity contribution >= 4 is 11.7 Å². The Kier molecular flexibility index (Phi) is 4.23. The summed E-state index contributed by atoms with van der Waals surface area (Å²) in [5.41, 5.74) is -0.153. The number of aromatic nitrogens is 2. The summed E-state index contributed by atoms with van der Waals surface area (Å²) in [6.45, 7) is 4.36. The van der Waals surface area contributed by atoms with Crippen LogP contribution in [0.3, 0.4) is 0 Å². The number of aryl methyl sites for hydroxylation is 2. The lowest BCUT2D eigenvalue weighted by atomic mass is 10.0. The predicted molar refractivity (Wildman–Crippen MR) is 84.3 cm³/mol. The van der Waals surface area contributed by atoms with Gasteiger partial charge in [0.1, 0.15) is 28.6 Å². The molecule has 24 heavy (non-hydrogen) atoms. The quantitative estimate of drug-likeness (QED) is 0.873. The SMILES string of the molecule is Cc1noc(C)c1C(=O)NC[C@]1(O)CCN(c2ccc(F)cn2)C1. The summed E-state index contributed by atoms with van der Waals surface area (Å²) in [7, 11) is 0. The van der Waals surface area contributed by atoms with Gasteiger partial charge in [0.25, 0.3) is 5.91 Å². The predicted octanol–water partition coefficient (Wildman–Crippen LogP) is 1.20. The van der Waals surface area contributed by atoms with Gasteiger partial charge in [0.05, 0.1) is 11.9 Å². The fraction of sp³-hybridized carbons (Fsp3) is 0.438. The van der Waals surface area contributed by atoms with Crippen LogP contribution in [0.2, 0.25) is 0 Å². The second kappa shape index (κ2) is 6.20. The van der Waals surface area contributed by atoms with E-state index < -0.39 is 11.4 Å². The van der Waals surface area contributed by atoms with Crippen molar-refractivity contribution in [2.45, 2.75) is 25.9 Å². The summed E-state index contributed by atoms with van der Waals surface area (Å²) < 4.78 is 17.9. The molecule has 0 unspecified atom stereocenters. The monoisotopic (exact) mass is 334 g/mol. The average molecular weight is 334 g/mol. The molecule has 3 heterocycles. The Morgan fingerprint density at radius 2 is 2.29 bits per heavy atom. The van der Waals surface area contributed by atoms with Crippen LogP contribution in [0.15, 0.2) is 22.9 Å². The van der Waals surface area contributed by atoms with E-state index in [1.54, 1.807) is 19.9 Å². The summed E-state index contributed by atoms with van der Waals surface area (Å²) in [6.07, 6.45) is 1.62. The van der Waals surface area contributed by atoms with E-state index >= 15 is 0 Å². The van der Waals surface area contributed by atoms with Gasteiger partial charge >= 0.3 is 0 Å². The topological polar surface area (TPSA) is 91.5 Å². The van der Waals surface area contributed by atoms with Gasteiger partial charge in [-0.25, -0.2) is 9.37 Å². The number of β-amino-alcohol motifs (C(OH)–C–C–N with tert-alkyl or cyclic N) is 1. The number of carbonyl (C=O) groups is 1. The van der Waals surface area contributed by atoms with Gasteiger partial charge in [0, 0.05) is 19.6 Å².